The van der Waals surface area contributed by atoms with Crippen molar-refractivity contribution >= 4 is 26.9 Å². The van der Waals surface area contributed by atoms with Gasteiger partial charge < -0.3 is 9.15 Å². The molecule has 2 aromatic carbocycles. The SMILES string of the molecule is Cc1ccccc1OCCN(C)Cc1cc(=O)oc2cc(Br)ccc12. The molecule has 1 heterocycles. The van der Waals surface area contributed by atoms with Crippen molar-refractivity contribution in [1.82, 2.24) is 4.90 Å². The van der Waals surface area contributed by atoms with Gasteiger partial charge in [-0.1, -0.05) is 34.1 Å². The molecular formula is C20H20BrNO3. The van der Waals surface area contributed by atoms with Gasteiger partial charge in [0.05, 0.1) is 0 Å². The number of likely N-dealkylation sites (N-methyl/N-ethyl adjacent to an activating group) is 1. The molecule has 0 atom stereocenters. The largest absolute Gasteiger partial charge is 0.492 e. The van der Waals surface area contributed by atoms with Gasteiger partial charge in [-0.3, -0.25) is 4.90 Å². The lowest BCUT2D eigenvalue weighted by Gasteiger charge is -2.18. The van der Waals surface area contributed by atoms with Crippen LogP contribution in [-0.2, 0) is 6.54 Å². The van der Waals surface area contributed by atoms with Crippen LogP contribution in [0.1, 0.15) is 11.1 Å². The molecule has 0 N–H and O–H groups in total. The highest BCUT2D eigenvalue weighted by molar-refractivity contribution is 9.10. The van der Waals surface area contributed by atoms with E-state index < -0.39 is 0 Å². The van der Waals surface area contributed by atoms with Gasteiger partial charge in [-0.05, 0) is 49.4 Å². The second kappa shape index (κ2) is 7.85. The molecular weight excluding hydrogens is 382 g/mol. The molecule has 0 aliphatic rings. The van der Waals surface area contributed by atoms with E-state index in [1.807, 2.05) is 56.4 Å². The fourth-order valence-electron chi connectivity index (χ4n) is 2.73. The number of rotatable bonds is 6. The second-order valence-electron chi connectivity index (χ2n) is 6.08. The molecule has 5 heteroatoms. The molecule has 25 heavy (non-hydrogen) atoms. The van der Waals surface area contributed by atoms with Crippen molar-refractivity contribution in [2.45, 2.75) is 13.5 Å². The number of para-hydroxylation sites is 1. The van der Waals surface area contributed by atoms with E-state index in [1.54, 1.807) is 6.07 Å². The Morgan fingerprint density at radius 2 is 1.96 bits per heavy atom. The lowest BCUT2D eigenvalue weighted by molar-refractivity contribution is 0.232. The van der Waals surface area contributed by atoms with Crippen LogP contribution < -0.4 is 10.4 Å². The van der Waals surface area contributed by atoms with Gasteiger partial charge in [0.25, 0.3) is 0 Å². The van der Waals surface area contributed by atoms with Crippen LogP contribution in [0.15, 0.2) is 62.2 Å². The first-order valence-electron chi connectivity index (χ1n) is 8.12. The van der Waals surface area contributed by atoms with Crippen LogP contribution in [-0.4, -0.2) is 25.1 Å². The number of ether oxygens (including phenoxy) is 1. The Morgan fingerprint density at radius 3 is 2.76 bits per heavy atom. The molecule has 0 aliphatic carbocycles. The fraction of sp³-hybridized carbons (Fsp3) is 0.250. The monoisotopic (exact) mass is 401 g/mol. The molecule has 0 spiro atoms. The Balaban J connectivity index is 1.67. The van der Waals surface area contributed by atoms with Gasteiger partial charge in [0.2, 0.25) is 0 Å². The first kappa shape index (κ1) is 17.7. The molecule has 0 fully saturated rings. The summed E-state index contributed by atoms with van der Waals surface area (Å²) < 4.78 is 12.0. The third-order valence-electron chi connectivity index (χ3n) is 4.06. The first-order valence-corrected chi connectivity index (χ1v) is 8.91. The van der Waals surface area contributed by atoms with Gasteiger partial charge in [0.1, 0.15) is 17.9 Å². The molecule has 3 aromatic rings. The summed E-state index contributed by atoms with van der Waals surface area (Å²) in [6, 6.07) is 15.3. The fourth-order valence-corrected chi connectivity index (χ4v) is 3.07. The average molecular weight is 402 g/mol. The van der Waals surface area contributed by atoms with E-state index in [-0.39, 0.29) is 5.63 Å². The second-order valence-corrected chi connectivity index (χ2v) is 7.00. The molecule has 0 saturated carbocycles. The summed E-state index contributed by atoms with van der Waals surface area (Å²) in [5, 5.41) is 0.953. The zero-order valence-electron chi connectivity index (χ0n) is 14.3. The van der Waals surface area contributed by atoms with Crippen molar-refractivity contribution in [3.05, 3.63) is 74.6 Å². The van der Waals surface area contributed by atoms with E-state index in [0.717, 1.165) is 33.3 Å². The van der Waals surface area contributed by atoms with Gasteiger partial charge in [-0.25, -0.2) is 4.79 Å². The number of hydrogen-bond donors (Lipinski definition) is 0. The average Bonchev–Trinajstić information content (AvgIpc) is 2.56. The number of benzene rings is 2. The van der Waals surface area contributed by atoms with Crippen molar-refractivity contribution in [3.8, 4) is 5.75 Å². The van der Waals surface area contributed by atoms with E-state index in [2.05, 4.69) is 20.8 Å². The minimum atomic E-state index is -0.329. The molecule has 0 aliphatic heterocycles. The zero-order chi connectivity index (χ0) is 17.8. The summed E-state index contributed by atoms with van der Waals surface area (Å²) in [4.78, 5) is 13.9. The van der Waals surface area contributed by atoms with Crippen molar-refractivity contribution in [2.24, 2.45) is 0 Å². The van der Waals surface area contributed by atoms with Gasteiger partial charge >= 0.3 is 5.63 Å². The lowest BCUT2D eigenvalue weighted by atomic mass is 10.1. The van der Waals surface area contributed by atoms with Crippen molar-refractivity contribution in [1.29, 1.82) is 0 Å². The Bertz CT molecular complexity index is 936. The summed E-state index contributed by atoms with van der Waals surface area (Å²) in [7, 11) is 2.01. The van der Waals surface area contributed by atoms with E-state index in [0.29, 0.717) is 18.7 Å². The topological polar surface area (TPSA) is 42.7 Å². The van der Waals surface area contributed by atoms with Crippen LogP contribution >= 0.6 is 15.9 Å². The van der Waals surface area contributed by atoms with Gasteiger partial charge in [0, 0.05) is 29.0 Å². The molecule has 4 nitrogen and oxygen atoms in total. The van der Waals surface area contributed by atoms with Crippen LogP contribution in [0.5, 0.6) is 5.75 Å². The smallest absolute Gasteiger partial charge is 0.336 e. The van der Waals surface area contributed by atoms with E-state index in [4.69, 9.17) is 9.15 Å². The molecule has 0 unspecified atom stereocenters. The lowest BCUT2D eigenvalue weighted by Crippen LogP contribution is -2.24. The maximum absolute atomic E-state index is 11.8. The van der Waals surface area contributed by atoms with Crippen molar-refractivity contribution < 1.29 is 9.15 Å². The minimum Gasteiger partial charge on any atom is -0.492 e. The Kier molecular flexibility index (Phi) is 5.56. The van der Waals surface area contributed by atoms with Crippen LogP contribution in [0.3, 0.4) is 0 Å². The van der Waals surface area contributed by atoms with E-state index >= 15 is 0 Å². The Morgan fingerprint density at radius 1 is 1.16 bits per heavy atom. The number of hydrogen-bond acceptors (Lipinski definition) is 4. The minimum absolute atomic E-state index is 0.329. The van der Waals surface area contributed by atoms with E-state index in [9.17, 15) is 4.79 Å². The normalized spacial score (nSPS) is 11.2. The number of halogens is 1. The molecule has 0 radical (unpaired) electrons. The van der Waals surface area contributed by atoms with E-state index in [1.165, 1.54) is 0 Å². The predicted octanol–water partition coefficient (Wildman–Crippen LogP) is 4.37. The third kappa shape index (κ3) is 4.50. The van der Waals surface area contributed by atoms with Gasteiger partial charge in [-0.2, -0.15) is 0 Å². The highest BCUT2D eigenvalue weighted by atomic mass is 79.9. The number of nitrogens with zero attached hydrogens (tertiary/aromatic N) is 1. The van der Waals surface area contributed by atoms with Crippen molar-refractivity contribution in [2.75, 3.05) is 20.2 Å². The molecule has 1 aromatic heterocycles. The summed E-state index contributed by atoms with van der Waals surface area (Å²) in [6.45, 7) is 4.03. The highest BCUT2D eigenvalue weighted by Crippen LogP contribution is 2.22. The molecule has 0 saturated heterocycles. The molecule has 3 rings (SSSR count). The molecule has 130 valence electrons. The maximum Gasteiger partial charge on any atom is 0.336 e. The quantitative estimate of drug-likeness (QED) is 0.575. The predicted molar refractivity (Wildman–Crippen MR) is 103 cm³/mol. The summed E-state index contributed by atoms with van der Waals surface area (Å²) in [5.74, 6) is 0.909. The molecule has 0 bridgehead atoms. The summed E-state index contributed by atoms with van der Waals surface area (Å²) in [6.07, 6.45) is 0. The Hall–Kier alpha value is -2.11. The van der Waals surface area contributed by atoms with Gasteiger partial charge in [-0.15, -0.1) is 0 Å². The standard InChI is InChI=1S/C20H20BrNO3/c1-14-5-3-4-6-18(14)24-10-9-22(2)13-15-11-20(23)25-19-12-16(21)7-8-17(15)19/h3-8,11-12H,9-10,13H2,1-2H3. The number of fused-ring (bicyclic) bond motifs is 1. The van der Waals surface area contributed by atoms with Crippen LogP contribution in [0, 0.1) is 6.92 Å². The third-order valence-corrected chi connectivity index (χ3v) is 4.55. The zero-order valence-corrected chi connectivity index (χ0v) is 15.9. The van der Waals surface area contributed by atoms with Crippen molar-refractivity contribution in [3.63, 3.8) is 0 Å². The first-order chi connectivity index (χ1) is 12.0. The highest BCUT2D eigenvalue weighted by Gasteiger charge is 2.09. The van der Waals surface area contributed by atoms with Gasteiger partial charge in [0.15, 0.2) is 0 Å². The molecule has 0 amide bonds. The van der Waals surface area contributed by atoms with Crippen LogP contribution in [0.25, 0.3) is 11.0 Å². The van der Waals surface area contributed by atoms with Crippen LogP contribution in [0.2, 0.25) is 0 Å². The van der Waals surface area contributed by atoms with Crippen LogP contribution in [0.4, 0.5) is 0 Å². The number of aryl methyl sites for hydroxylation is 1. The maximum atomic E-state index is 11.8. The Labute approximate surface area is 155 Å². The summed E-state index contributed by atoms with van der Waals surface area (Å²) in [5.41, 5.74) is 2.35. The summed E-state index contributed by atoms with van der Waals surface area (Å²) >= 11 is 3.41.